The molecule has 0 fully saturated rings. The van der Waals surface area contributed by atoms with E-state index in [4.69, 9.17) is 4.74 Å². The molecule has 1 atom stereocenters. The van der Waals surface area contributed by atoms with Crippen LogP contribution in [0.5, 0.6) is 5.75 Å². The first-order chi connectivity index (χ1) is 11.7. The summed E-state index contributed by atoms with van der Waals surface area (Å²) in [5.74, 6) is 0.984. The molecule has 128 valence electrons. The van der Waals surface area contributed by atoms with Crippen molar-refractivity contribution in [3.63, 3.8) is 0 Å². The van der Waals surface area contributed by atoms with Crippen LogP contribution >= 0.6 is 0 Å². The Hall–Kier alpha value is -2.36. The lowest BCUT2D eigenvalue weighted by molar-refractivity contribution is -0.122. The molecule has 24 heavy (non-hydrogen) atoms. The molecule has 4 heteroatoms. The Labute approximate surface area is 144 Å². The molecule has 2 aromatic rings. The summed E-state index contributed by atoms with van der Waals surface area (Å²) in [7, 11) is 0. The van der Waals surface area contributed by atoms with Gasteiger partial charge in [0.15, 0.2) is 0 Å². The minimum absolute atomic E-state index is 0.0593. The normalized spacial score (nSPS) is 11.8. The number of pyridine rings is 1. The molecule has 0 aliphatic heterocycles. The number of hydrogen-bond donors (Lipinski definition) is 1. The van der Waals surface area contributed by atoms with Crippen LogP contribution in [-0.2, 0) is 4.79 Å². The average molecular weight is 326 g/mol. The highest BCUT2D eigenvalue weighted by Gasteiger charge is 2.12. The van der Waals surface area contributed by atoms with E-state index in [1.165, 1.54) is 5.56 Å². The number of carbonyl (C=O) groups is 1. The van der Waals surface area contributed by atoms with Crippen molar-refractivity contribution in [3.8, 4) is 5.75 Å². The molecule has 0 spiro atoms. The first-order valence-corrected chi connectivity index (χ1v) is 8.57. The minimum Gasteiger partial charge on any atom is -0.494 e. The molecule has 0 saturated carbocycles. The molecular formula is C20H26N2O2. The van der Waals surface area contributed by atoms with Gasteiger partial charge in [-0.05, 0) is 61.6 Å². The summed E-state index contributed by atoms with van der Waals surface area (Å²) in [4.78, 5) is 16.1. The van der Waals surface area contributed by atoms with E-state index in [2.05, 4.69) is 17.2 Å². The average Bonchev–Trinajstić information content (AvgIpc) is 2.60. The maximum atomic E-state index is 12.1. The molecule has 1 heterocycles. The van der Waals surface area contributed by atoms with Crippen molar-refractivity contribution >= 4 is 5.91 Å². The first-order valence-electron chi connectivity index (χ1n) is 8.57. The van der Waals surface area contributed by atoms with Crippen molar-refractivity contribution < 1.29 is 9.53 Å². The second-order valence-corrected chi connectivity index (χ2v) is 5.93. The topological polar surface area (TPSA) is 51.2 Å². The Morgan fingerprint density at radius 1 is 1.21 bits per heavy atom. The second-order valence-electron chi connectivity index (χ2n) is 5.93. The first kappa shape index (κ1) is 18.0. The van der Waals surface area contributed by atoms with Crippen LogP contribution in [0.15, 0.2) is 48.8 Å². The van der Waals surface area contributed by atoms with Crippen molar-refractivity contribution in [1.29, 1.82) is 0 Å². The largest absolute Gasteiger partial charge is 0.494 e. The van der Waals surface area contributed by atoms with Crippen LogP contribution in [0, 0.1) is 6.92 Å². The van der Waals surface area contributed by atoms with Crippen molar-refractivity contribution in [3.05, 3.63) is 59.9 Å². The molecule has 1 aromatic carbocycles. The van der Waals surface area contributed by atoms with Gasteiger partial charge in [-0.15, -0.1) is 0 Å². The molecule has 1 aromatic heterocycles. The van der Waals surface area contributed by atoms with Gasteiger partial charge >= 0.3 is 0 Å². The predicted octanol–water partition coefficient (Wildman–Crippen LogP) is 4.21. The quantitative estimate of drug-likeness (QED) is 0.702. The molecule has 2 rings (SSSR count). The lowest BCUT2D eigenvalue weighted by Gasteiger charge is -2.17. The molecule has 0 aliphatic carbocycles. The number of unbranched alkanes of at least 4 members (excludes halogenated alkanes) is 1. The molecule has 0 unspecified atom stereocenters. The number of aromatic nitrogens is 1. The lowest BCUT2D eigenvalue weighted by Crippen LogP contribution is -2.27. The van der Waals surface area contributed by atoms with E-state index < -0.39 is 0 Å². The number of carbonyl (C=O) groups excluding carboxylic acids is 1. The van der Waals surface area contributed by atoms with E-state index in [0.29, 0.717) is 13.0 Å². The van der Waals surface area contributed by atoms with Crippen LogP contribution in [0.3, 0.4) is 0 Å². The summed E-state index contributed by atoms with van der Waals surface area (Å²) in [6.45, 7) is 4.75. The third kappa shape index (κ3) is 6.03. The van der Waals surface area contributed by atoms with E-state index in [9.17, 15) is 4.79 Å². The molecule has 1 N–H and O–H groups in total. The number of nitrogens with one attached hydrogen (secondary N) is 1. The predicted molar refractivity (Wildman–Crippen MR) is 95.9 cm³/mol. The van der Waals surface area contributed by atoms with E-state index in [0.717, 1.165) is 30.6 Å². The summed E-state index contributed by atoms with van der Waals surface area (Å²) < 4.78 is 5.70. The molecule has 0 radical (unpaired) electrons. The Bertz CT molecular complexity index is 629. The number of benzene rings is 1. The number of ether oxygens (including phenoxy) is 1. The molecular weight excluding hydrogens is 300 g/mol. The van der Waals surface area contributed by atoms with Gasteiger partial charge in [-0.25, -0.2) is 0 Å². The van der Waals surface area contributed by atoms with Gasteiger partial charge in [0.25, 0.3) is 0 Å². The zero-order chi connectivity index (χ0) is 17.2. The Morgan fingerprint density at radius 2 is 2.00 bits per heavy atom. The third-order valence-corrected chi connectivity index (χ3v) is 3.91. The highest BCUT2D eigenvalue weighted by atomic mass is 16.5. The maximum absolute atomic E-state index is 12.1. The number of hydrogen-bond acceptors (Lipinski definition) is 3. The minimum atomic E-state index is 0.0593. The van der Waals surface area contributed by atoms with E-state index >= 15 is 0 Å². The van der Waals surface area contributed by atoms with Crippen molar-refractivity contribution in [1.82, 2.24) is 10.3 Å². The number of rotatable bonds is 9. The fourth-order valence-corrected chi connectivity index (χ4v) is 2.57. The SMILES string of the molecule is CC[C@@H](NC(=O)CCCCOc1cccc(C)c1)c1ccncc1. The summed E-state index contributed by atoms with van der Waals surface area (Å²) in [6.07, 6.45) is 6.60. The van der Waals surface area contributed by atoms with Crippen molar-refractivity contribution in [2.45, 2.75) is 45.6 Å². The third-order valence-electron chi connectivity index (χ3n) is 3.91. The van der Waals surface area contributed by atoms with Crippen LogP contribution in [0.1, 0.15) is 49.8 Å². The second kappa shape index (κ2) is 9.71. The van der Waals surface area contributed by atoms with Gasteiger partial charge in [-0.1, -0.05) is 19.1 Å². The highest BCUT2D eigenvalue weighted by molar-refractivity contribution is 5.76. The molecule has 1 amide bonds. The van der Waals surface area contributed by atoms with Gasteiger partial charge < -0.3 is 10.1 Å². The Morgan fingerprint density at radius 3 is 2.71 bits per heavy atom. The van der Waals surface area contributed by atoms with Gasteiger partial charge in [-0.3, -0.25) is 9.78 Å². The highest BCUT2D eigenvalue weighted by Crippen LogP contribution is 2.16. The van der Waals surface area contributed by atoms with Crippen LogP contribution in [0.2, 0.25) is 0 Å². The summed E-state index contributed by atoms with van der Waals surface area (Å²) in [5, 5.41) is 3.09. The summed E-state index contributed by atoms with van der Waals surface area (Å²) in [5.41, 5.74) is 2.29. The standard InChI is InChI=1S/C20H26N2O2/c1-3-19(17-10-12-21-13-11-17)22-20(23)9-4-5-14-24-18-8-6-7-16(2)15-18/h6-8,10-13,15,19H,3-5,9,14H2,1-2H3,(H,22,23)/t19-/m1/s1. The zero-order valence-corrected chi connectivity index (χ0v) is 14.5. The molecule has 4 nitrogen and oxygen atoms in total. The van der Waals surface area contributed by atoms with Crippen molar-refractivity contribution in [2.24, 2.45) is 0 Å². The zero-order valence-electron chi connectivity index (χ0n) is 14.5. The van der Waals surface area contributed by atoms with Crippen LogP contribution in [-0.4, -0.2) is 17.5 Å². The number of aryl methyl sites for hydroxylation is 1. The van der Waals surface area contributed by atoms with E-state index in [1.54, 1.807) is 12.4 Å². The fraction of sp³-hybridized carbons (Fsp3) is 0.400. The number of nitrogens with zero attached hydrogens (tertiary/aromatic N) is 1. The molecule has 0 bridgehead atoms. The summed E-state index contributed by atoms with van der Waals surface area (Å²) >= 11 is 0. The van der Waals surface area contributed by atoms with E-state index in [-0.39, 0.29) is 11.9 Å². The fourth-order valence-electron chi connectivity index (χ4n) is 2.57. The van der Waals surface area contributed by atoms with Gasteiger partial charge in [0.05, 0.1) is 12.6 Å². The van der Waals surface area contributed by atoms with Gasteiger partial charge in [-0.2, -0.15) is 0 Å². The van der Waals surface area contributed by atoms with Gasteiger partial charge in [0.2, 0.25) is 5.91 Å². The number of amides is 1. The summed E-state index contributed by atoms with van der Waals surface area (Å²) in [6, 6.07) is 12.0. The van der Waals surface area contributed by atoms with E-state index in [1.807, 2.05) is 43.3 Å². The monoisotopic (exact) mass is 326 g/mol. The van der Waals surface area contributed by atoms with Crippen molar-refractivity contribution in [2.75, 3.05) is 6.61 Å². The Balaban J connectivity index is 1.66. The van der Waals surface area contributed by atoms with Crippen LogP contribution in [0.4, 0.5) is 0 Å². The smallest absolute Gasteiger partial charge is 0.220 e. The Kier molecular flexibility index (Phi) is 7.27. The van der Waals surface area contributed by atoms with Crippen LogP contribution in [0.25, 0.3) is 0 Å². The maximum Gasteiger partial charge on any atom is 0.220 e. The molecule has 0 saturated heterocycles. The van der Waals surface area contributed by atoms with Crippen LogP contribution < -0.4 is 10.1 Å². The molecule has 0 aliphatic rings. The van der Waals surface area contributed by atoms with Gasteiger partial charge in [0.1, 0.15) is 5.75 Å². The lowest BCUT2D eigenvalue weighted by atomic mass is 10.1. The van der Waals surface area contributed by atoms with Gasteiger partial charge in [0, 0.05) is 18.8 Å².